The molecule has 4 heteroatoms. The van der Waals surface area contributed by atoms with Gasteiger partial charge in [-0.15, -0.1) is 0 Å². The molecule has 17 heavy (non-hydrogen) atoms. The van der Waals surface area contributed by atoms with Crippen LogP contribution in [0.2, 0.25) is 5.02 Å². The third-order valence-electron chi connectivity index (χ3n) is 2.70. The molecule has 2 aromatic rings. The molecule has 1 aromatic carbocycles. The van der Waals surface area contributed by atoms with Crippen LogP contribution in [0.25, 0.3) is 11.3 Å². The fraction of sp³-hybridized carbons (Fsp3) is 0.231. The van der Waals surface area contributed by atoms with Gasteiger partial charge in [-0.1, -0.05) is 17.7 Å². The summed E-state index contributed by atoms with van der Waals surface area (Å²) in [5.41, 5.74) is 0.965. The summed E-state index contributed by atoms with van der Waals surface area (Å²) in [6.45, 7) is 2.05. The Morgan fingerprint density at radius 1 is 1.29 bits per heavy atom. The van der Waals surface area contributed by atoms with Gasteiger partial charge in [-0.25, -0.2) is 0 Å². The highest BCUT2D eigenvalue weighted by Gasteiger charge is 2.12. The third kappa shape index (κ3) is 2.57. The number of benzene rings is 1. The van der Waals surface area contributed by atoms with Gasteiger partial charge in [0.2, 0.25) is 0 Å². The average molecular weight is 315 g/mol. The number of hydrogen-bond acceptors (Lipinski definition) is 2. The Bertz CT molecular complexity index is 524. The SMILES string of the molecule is CNC(C)c1ccc(-c2cccc(Cl)c2Br)o1. The smallest absolute Gasteiger partial charge is 0.135 e. The van der Waals surface area contributed by atoms with Crippen LogP contribution >= 0.6 is 27.5 Å². The molecule has 1 heterocycles. The molecular weight excluding hydrogens is 302 g/mol. The molecule has 0 radical (unpaired) electrons. The zero-order valence-corrected chi connectivity index (χ0v) is 12.0. The zero-order valence-electron chi connectivity index (χ0n) is 9.63. The lowest BCUT2D eigenvalue weighted by atomic mass is 10.2. The van der Waals surface area contributed by atoms with E-state index in [1.165, 1.54) is 0 Å². The summed E-state index contributed by atoms with van der Waals surface area (Å²) in [7, 11) is 1.90. The minimum absolute atomic E-state index is 0.196. The van der Waals surface area contributed by atoms with Crippen molar-refractivity contribution in [1.29, 1.82) is 0 Å². The van der Waals surface area contributed by atoms with Gasteiger partial charge >= 0.3 is 0 Å². The van der Waals surface area contributed by atoms with E-state index in [1.54, 1.807) is 0 Å². The Labute approximate surface area is 114 Å². The average Bonchev–Trinajstić information content (AvgIpc) is 2.81. The second-order valence-corrected chi connectivity index (χ2v) is 5.01. The van der Waals surface area contributed by atoms with Crippen molar-refractivity contribution in [1.82, 2.24) is 5.32 Å². The van der Waals surface area contributed by atoms with E-state index in [0.717, 1.165) is 21.6 Å². The molecule has 90 valence electrons. The second-order valence-electron chi connectivity index (χ2n) is 3.81. The lowest BCUT2D eigenvalue weighted by Gasteiger charge is -2.06. The summed E-state index contributed by atoms with van der Waals surface area (Å²) in [4.78, 5) is 0. The van der Waals surface area contributed by atoms with Gasteiger partial charge in [0.1, 0.15) is 11.5 Å². The Balaban J connectivity index is 2.40. The van der Waals surface area contributed by atoms with Gasteiger partial charge in [-0.2, -0.15) is 0 Å². The predicted octanol–water partition coefficient (Wildman–Crippen LogP) is 4.64. The van der Waals surface area contributed by atoms with Gasteiger partial charge in [0.05, 0.1) is 11.1 Å². The number of rotatable bonds is 3. The first-order valence-electron chi connectivity index (χ1n) is 5.35. The Kier molecular flexibility index (Phi) is 3.92. The molecule has 0 aliphatic carbocycles. The Morgan fingerprint density at radius 3 is 2.76 bits per heavy atom. The van der Waals surface area contributed by atoms with Crippen molar-refractivity contribution in [3.63, 3.8) is 0 Å². The molecule has 0 spiro atoms. The number of nitrogens with one attached hydrogen (secondary N) is 1. The fourth-order valence-corrected chi connectivity index (χ4v) is 2.20. The van der Waals surface area contributed by atoms with E-state index in [2.05, 4.69) is 28.2 Å². The monoisotopic (exact) mass is 313 g/mol. The molecule has 0 aliphatic heterocycles. The molecule has 0 bridgehead atoms. The fourth-order valence-electron chi connectivity index (χ4n) is 1.57. The number of hydrogen-bond donors (Lipinski definition) is 1. The summed E-state index contributed by atoms with van der Waals surface area (Å²) >= 11 is 9.53. The van der Waals surface area contributed by atoms with Crippen LogP contribution in [0.3, 0.4) is 0 Å². The van der Waals surface area contributed by atoms with Crippen LogP contribution in [-0.2, 0) is 0 Å². The molecule has 1 N–H and O–H groups in total. The maximum Gasteiger partial charge on any atom is 0.135 e. The maximum absolute atomic E-state index is 6.06. The molecule has 0 saturated carbocycles. The van der Waals surface area contributed by atoms with Crippen molar-refractivity contribution in [3.8, 4) is 11.3 Å². The minimum atomic E-state index is 0.196. The predicted molar refractivity (Wildman–Crippen MR) is 74.3 cm³/mol. The highest BCUT2D eigenvalue weighted by molar-refractivity contribution is 9.10. The van der Waals surface area contributed by atoms with E-state index in [4.69, 9.17) is 16.0 Å². The summed E-state index contributed by atoms with van der Waals surface area (Å²) in [5.74, 6) is 1.73. The molecule has 1 atom stereocenters. The van der Waals surface area contributed by atoms with Crippen LogP contribution in [0.4, 0.5) is 0 Å². The molecule has 2 nitrogen and oxygen atoms in total. The first kappa shape index (κ1) is 12.7. The number of halogens is 2. The van der Waals surface area contributed by atoms with Gasteiger partial charge < -0.3 is 9.73 Å². The van der Waals surface area contributed by atoms with Gasteiger partial charge in [0.25, 0.3) is 0 Å². The zero-order chi connectivity index (χ0) is 12.4. The Hall–Kier alpha value is -0.770. The van der Waals surface area contributed by atoms with E-state index in [1.807, 2.05) is 37.4 Å². The quantitative estimate of drug-likeness (QED) is 0.892. The van der Waals surface area contributed by atoms with Gasteiger partial charge in [-0.05, 0) is 54.2 Å². The van der Waals surface area contributed by atoms with Crippen LogP contribution in [0, 0.1) is 0 Å². The van der Waals surface area contributed by atoms with E-state index in [0.29, 0.717) is 5.02 Å². The van der Waals surface area contributed by atoms with Crippen LogP contribution < -0.4 is 5.32 Å². The minimum Gasteiger partial charge on any atom is -0.459 e. The molecule has 1 aromatic heterocycles. The van der Waals surface area contributed by atoms with Crippen LogP contribution in [-0.4, -0.2) is 7.05 Å². The van der Waals surface area contributed by atoms with Crippen LogP contribution in [0.1, 0.15) is 18.7 Å². The largest absolute Gasteiger partial charge is 0.459 e. The Morgan fingerprint density at radius 2 is 2.06 bits per heavy atom. The lowest BCUT2D eigenvalue weighted by molar-refractivity contribution is 0.458. The van der Waals surface area contributed by atoms with Crippen molar-refractivity contribution in [3.05, 3.63) is 45.6 Å². The highest BCUT2D eigenvalue weighted by atomic mass is 79.9. The number of furan rings is 1. The van der Waals surface area contributed by atoms with E-state index in [-0.39, 0.29) is 6.04 Å². The molecule has 0 saturated heterocycles. The van der Waals surface area contributed by atoms with Crippen molar-refractivity contribution in [2.75, 3.05) is 7.05 Å². The molecule has 2 rings (SSSR count). The van der Waals surface area contributed by atoms with Gasteiger partial charge in [0, 0.05) is 10.0 Å². The highest BCUT2D eigenvalue weighted by Crippen LogP contribution is 2.35. The van der Waals surface area contributed by atoms with E-state index >= 15 is 0 Å². The third-order valence-corrected chi connectivity index (χ3v) is 4.10. The first-order valence-corrected chi connectivity index (χ1v) is 6.52. The summed E-state index contributed by atoms with van der Waals surface area (Å²) in [6, 6.07) is 9.86. The topological polar surface area (TPSA) is 25.2 Å². The van der Waals surface area contributed by atoms with Gasteiger partial charge in [0.15, 0.2) is 0 Å². The summed E-state index contributed by atoms with van der Waals surface area (Å²) in [6.07, 6.45) is 0. The van der Waals surface area contributed by atoms with Crippen molar-refractivity contribution in [2.24, 2.45) is 0 Å². The normalized spacial score (nSPS) is 12.7. The molecule has 0 aliphatic rings. The molecule has 0 fully saturated rings. The summed E-state index contributed by atoms with van der Waals surface area (Å²) < 4.78 is 6.67. The van der Waals surface area contributed by atoms with Crippen molar-refractivity contribution >= 4 is 27.5 Å². The second kappa shape index (κ2) is 5.25. The molecular formula is C13H13BrClNO. The van der Waals surface area contributed by atoms with Crippen LogP contribution in [0.5, 0.6) is 0 Å². The van der Waals surface area contributed by atoms with E-state index < -0.39 is 0 Å². The summed E-state index contributed by atoms with van der Waals surface area (Å²) in [5, 5.41) is 3.82. The van der Waals surface area contributed by atoms with Crippen molar-refractivity contribution < 1.29 is 4.42 Å². The first-order chi connectivity index (χ1) is 8.13. The standard InChI is InChI=1S/C13H13BrClNO/c1-8(16-2)11-6-7-12(17-11)9-4-3-5-10(15)13(9)14/h3-8,16H,1-2H3. The van der Waals surface area contributed by atoms with E-state index in [9.17, 15) is 0 Å². The maximum atomic E-state index is 6.06. The van der Waals surface area contributed by atoms with Crippen molar-refractivity contribution in [2.45, 2.75) is 13.0 Å². The lowest BCUT2D eigenvalue weighted by Crippen LogP contribution is -2.10. The van der Waals surface area contributed by atoms with Gasteiger partial charge in [-0.3, -0.25) is 0 Å². The van der Waals surface area contributed by atoms with Crippen LogP contribution in [0.15, 0.2) is 39.2 Å². The molecule has 1 unspecified atom stereocenters. The molecule has 0 amide bonds.